The average Bonchev–Trinajstić information content (AvgIpc) is 1.86. The van der Waals surface area contributed by atoms with E-state index in [1.54, 1.807) is 47.2 Å². The zero-order valence-electron chi connectivity index (χ0n) is 47.0. The number of hydrogen-bond donors (Lipinski definition) is 9. The number of nitrogens with zero attached hydrogens (tertiary/aromatic N) is 3. The fourth-order valence-corrected chi connectivity index (χ4v) is 12.8. The highest BCUT2D eigenvalue weighted by Crippen LogP contribution is 2.46. The van der Waals surface area contributed by atoms with Crippen molar-refractivity contribution in [1.82, 2.24) is 30.8 Å². The van der Waals surface area contributed by atoms with Gasteiger partial charge in [-0.15, -0.1) is 11.3 Å². The van der Waals surface area contributed by atoms with E-state index in [-0.39, 0.29) is 86.7 Å². The lowest BCUT2D eigenvalue weighted by Gasteiger charge is -2.35. The largest absolute Gasteiger partial charge is 0.491 e. The molecule has 0 radical (unpaired) electrons. The normalized spacial score (nSPS) is 18.8. The molecular formula is C60H68N9O13PS. The molecule has 1 fully saturated rings. The second-order valence-electron chi connectivity index (χ2n) is 23.0. The Labute approximate surface area is 488 Å². The molecule has 0 aliphatic carbocycles. The predicted octanol–water partition coefficient (Wildman–Crippen LogP) is 5.14. The van der Waals surface area contributed by atoms with Crippen LogP contribution in [0, 0.1) is 12.3 Å². The number of nitrogens with one attached hydrogen (secondary N) is 4. The molecule has 5 heterocycles. The molecule has 0 bridgehead atoms. The first-order valence-corrected chi connectivity index (χ1v) is 30.1. The lowest BCUT2D eigenvalue weighted by atomic mass is 9.85. The van der Waals surface area contributed by atoms with Crippen molar-refractivity contribution in [1.29, 1.82) is 0 Å². The maximum atomic E-state index is 14.6. The molecule has 6 aromatic rings. The van der Waals surface area contributed by atoms with Gasteiger partial charge in [-0.25, -0.2) is 4.98 Å². The first kappa shape index (κ1) is 60.5. The molecule has 0 saturated carbocycles. The monoisotopic (exact) mass is 1190 g/mol. The van der Waals surface area contributed by atoms with Gasteiger partial charge in [0.1, 0.15) is 36.2 Å². The Bertz CT molecular complexity index is 3630. The zero-order chi connectivity index (χ0) is 60.5. The first-order valence-electron chi connectivity index (χ1n) is 27.6. The van der Waals surface area contributed by atoms with Crippen LogP contribution in [0.15, 0.2) is 90.4 Å². The van der Waals surface area contributed by atoms with Gasteiger partial charge in [-0.3, -0.25) is 47.8 Å². The maximum Gasteiger partial charge on any atom is 0.396 e. The van der Waals surface area contributed by atoms with E-state index in [1.807, 2.05) is 71.0 Å². The van der Waals surface area contributed by atoms with Crippen LogP contribution in [0.1, 0.15) is 126 Å². The zero-order valence-corrected chi connectivity index (χ0v) is 48.8. The van der Waals surface area contributed by atoms with Crippen molar-refractivity contribution >= 4 is 82.4 Å². The van der Waals surface area contributed by atoms with E-state index in [1.165, 1.54) is 28.0 Å². The molecule has 3 aliphatic heterocycles. The van der Waals surface area contributed by atoms with E-state index in [9.17, 15) is 57.8 Å². The highest BCUT2D eigenvalue weighted by atomic mass is 32.1. The summed E-state index contributed by atoms with van der Waals surface area (Å²) < 4.78 is 18.1. The standard InChI is InChI=1S/C60H68N9O13PS/c1-31(34-13-15-35(16-14-34)53-32(2)63-30-84-53)64-56(75)45-27-41(70)28-68(45)58(77)54(60(3,4)5)67-48(72)21-12-33-8-6-11-42(22-33)82-29-40(18-20-47(61)71)65-57(76)46-25-37-10-7-9-36-23-39(26-49(73)69(46)52(36)37)50-43-24-38(59(78)83(79,80)81)17-19-44(43)66-51(50)55(62)74/h6-11,13-17,19,22,24,30-31,39-41,45-46,54,66,70H,12,18,20-21,23,25-29H2,1-5H3,(H2,61,71)(H2,62,74)(H,64,75)(H,65,76)(H,67,72)(H2,79,80,81)/t31-,39?,40-,41+,45-,46-,54+/m0/s1. The number of aromatic amines is 1. The number of aromatic nitrogens is 2. The summed E-state index contributed by atoms with van der Waals surface area (Å²) in [7, 11) is -5.18. The minimum Gasteiger partial charge on any atom is -0.491 e. The number of primary amides is 2. The van der Waals surface area contributed by atoms with Crippen molar-refractivity contribution in [3.8, 4) is 16.2 Å². The molecule has 1 saturated heterocycles. The summed E-state index contributed by atoms with van der Waals surface area (Å²) in [6, 6.07) is 19.8. The smallest absolute Gasteiger partial charge is 0.396 e. The van der Waals surface area contributed by atoms with Crippen LogP contribution in [0.25, 0.3) is 21.3 Å². The first-order chi connectivity index (χ1) is 39.7. The number of amides is 7. The molecule has 3 aliphatic rings. The number of H-pyrrole nitrogens is 1. The molecule has 7 amide bonds. The van der Waals surface area contributed by atoms with Crippen LogP contribution in [0.3, 0.4) is 0 Å². The van der Waals surface area contributed by atoms with Gasteiger partial charge in [0, 0.05) is 55.1 Å². The van der Waals surface area contributed by atoms with Gasteiger partial charge in [-0.05, 0) is 108 Å². The summed E-state index contributed by atoms with van der Waals surface area (Å²) in [4.78, 5) is 139. The van der Waals surface area contributed by atoms with Crippen molar-refractivity contribution in [2.45, 2.75) is 128 Å². The van der Waals surface area contributed by atoms with Gasteiger partial charge in [-0.2, -0.15) is 0 Å². The predicted molar refractivity (Wildman–Crippen MR) is 313 cm³/mol. The van der Waals surface area contributed by atoms with Gasteiger partial charge in [-0.1, -0.05) is 75.4 Å². The number of β-amino-alcohol motifs (C(OH)–C–C–N with tert-alkyl or cyclic N) is 1. The fraction of sp³-hybridized carbons (Fsp3) is 0.383. The molecule has 84 heavy (non-hydrogen) atoms. The number of carbonyl (C=O) groups is 8. The van der Waals surface area contributed by atoms with Crippen LogP contribution in [-0.4, -0.2) is 120 Å². The maximum absolute atomic E-state index is 14.6. The van der Waals surface area contributed by atoms with Crippen LogP contribution in [-0.2, 0) is 52.6 Å². The third kappa shape index (κ3) is 13.3. The van der Waals surface area contributed by atoms with E-state index >= 15 is 0 Å². The summed E-state index contributed by atoms with van der Waals surface area (Å²) in [5.74, 6) is -4.15. The van der Waals surface area contributed by atoms with E-state index in [0.717, 1.165) is 21.7 Å². The van der Waals surface area contributed by atoms with E-state index in [2.05, 4.69) is 25.9 Å². The van der Waals surface area contributed by atoms with Crippen molar-refractivity contribution in [3.05, 3.63) is 135 Å². The quantitative estimate of drug-likeness (QED) is 0.0422. The number of hydrogen-bond acceptors (Lipinski definition) is 13. The molecule has 4 aromatic carbocycles. The molecule has 1 unspecified atom stereocenters. The van der Waals surface area contributed by atoms with Gasteiger partial charge >= 0.3 is 7.60 Å². The Hall–Kier alpha value is -8.08. The minimum absolute atomic E-state index is 0.0249. The fourth-order valence-electron chi connectivity index (χ4n) is 11.5. The third-order valence-electron chi connectivity index (χ3n) is 15.8. The topological polar surface area (TPSA) is 347 Å². The Balaban J connectivity index is 0.829. The molecular weight excluding hydrogens is 1120 g/mol. The number of aryl methyl sites for hydroxylation is 2. The molecule has 9 rings (SSSR count). The van der Waals surface area contributed by atoms with Crippen molar-refractivity contribution in [2.75, 3.05) is 18.1 Å². The Morgan fingerprint density at radius 1 is 0.881 bits per heavy atom. The van der Waals surface area contributed by atoms with E-state index < -0.39 is 102 Å². The van der Waals surface area contributed by atoms with Gasteiger partial charge < -0.3 is 56.9 Å². The number of thiazole rings is 1. The number of aliphatic hydroxyl groups excluding tert-OH is 1. The number of anilines is 1. The van der Waals surface area contributed by atoms with Crippen LogP contribution in [0.5, 0.6) is 5.75 Å². The molecule has 2 aromatic heterocycles. The van der Waals surface area contributed by atoms with Crippen molar-refractivity contribution < 1.29 is 62.6 Å². The SMILES string of the molecule is Cc1ncsc1-c1ccc([C@H](C)NC(=O)[C@@H]2C[C@@H](O)CN2C(=O)[C@@H](NC(=O)CCc2cccc(OC[C@H](CCC(N)=O)NC(=O)[C@@H]3Cc4cccc5c4N3C(=O)CC(c3c(C(N)=O)[nH]c4ccc(C(=O)P(=O)(O)O)cc34)C5)c2)C(C)(C)C)cc1. The number of aliphatic hydroxyl groups is 1. The molecule has 0 spiro atoms. The summed E-state index contributed by atoms with van der Waals surface area (Å²) in [5, 5.41) is 20.0. The number of fused-ring (bicyclic) bond motifs is 1. The van der Waals surface area contributed by atoms with Gasteiger partial charge in [0.25, 0.3) is 11.4 Å². The molecule has 442 valence electrons. The summed E-state index contributed by atoms with van der Waals surface area (Å²) in [5.41, 5.74) is 16.7. The number of para-hydroxylation sites is 1. The van der Waals surface area contributed by atoms with Crippen LogP contribution >= 0.6 is 18.9 Å². The van der Waals surface area contributed by atoms with Crippen LogP contribution in [0.2, 0.25) is 0 Å². The second kappa shape index (κ2) is 24.6. The van der Waals surface area contributed by atoms with Crippen LogP contribution in [0.4, 0.5) is 5.69 Å². The van der Waals surface area contributed by atoms with Crippen LogP contribution < -0.4 is 37.1 Å². The third-order valence-corrected chi connectivity index (χ3v) is 17.5. The second-order valence-corrected chi connectivity index (χ2v) is 25.3. The number of ether oxygens (including phenoxy) is 1. The summed E-state index contributed by atoms with van der Waals surface area (Å²) in [6.45, 7) is 9.02. The van der Waals surface area contributed by atoms with E-state index in [0.29, 0.717) is 33.6 Å². The highest BCUT2D eigenvalue weighted by molar-refractivity contribution is 7.70. The number of rotatable bonds is 21. The Morgan fingerprint density at radius 2 is 1.58 bits per heavy atom. The van der Waals surface area contributed by atoms with Crippen molar-refractivity contribution in [2.24, 2.45) is 16.9 Å². The lowest BCUT2D eigenvalue weighted by molar-refractivity contribution is -0.144. The number of likely N-dealkylation sites (tertiary alicyclic amines) is 1. The summed E-state index contributed by atoms with van der Waals surface area (Å²) >= 11 is 1.55. The van der Waals surface area contributed by atoms with Gasteiger partial charge in [0.05, 0.1) is 40.0 Å². The van der Waals surface area contributed by atoms with Gasteiger partial charge in [0.2, 0.25) is 35.4 Å². The highest BCUT2D eigenvalue weighted by Gasteiger charge is 2.46. The molecule has 22 nitrogen and oxygen atoms in total. The summed E-state index contributed by atoms with van der Waals surface area (Å²) in [6.07, 6.45) is -0.590. The Kier molecular flexibility index (Phi) is 17.7. The average molecular weight is 1190 g/mol. The molecule has 11 N–H and O–H groups in total. The van der Waals surface area contributed by atoms with E-state index in [4.69, 9.17) is 16.2 Å². The minimum atomic E-state index is -5.18. The lowest BCUT2D eigenvalue weighted by Crippen LogP contribution is -2.57. The number of carbonyl (C=O) groups excluding carboxylic acids is 8. The number of nitrogens with two attached hydrogens (primary N) is 2. The Morgan fingerprint density at radius 3 is 2.25 bits per heavy atom. The molecule has 7 atom stereocenters. The molecule has 24 heteroatoms. The number of benzene rings is 4. The van der Waals surface area contributed by atoms with Gasteiger partial charge in [0.15, 0.2) is 0 Å². The van der Waals surface area contributed by atoms with Crippen molar-refractivity contribution in [3.63, 3.8) is 0 Å².